The van der Waals surface area contributed by atoms with E-state index in [1.807, 2.05) is 6.92 Å². The van der Waals surface area contributed by atoms with Crippen LogP contribution in [0.1, 0.15) is 45.2 Å². The summed E-state index contributed by atoms with van der Waals surface area (Å²) in [5, 5.41) is 3.21. The summed E-state index contributed by atoms with van der Waals surface area (Å²) in [5.74, 6) is -1.02. The number of hydrogen-bond acceptors (Lipinski definition) is 2. The summed E-state index contributed by atoms with van der Waals surface area (Å²) >= 11 is 0. The largest absolute Gasteiger partial charge is 0.379 e. The average Bonchev–Trinajstić information content (AvgIpc) is 2.41. The van der Waals surface area contributed by atoms with Gasteiger partial charge in [-0.3, -0.25) is 0 Å². The second kappa shape index (κ2) is 9.03. The highest BCUT2D eigenvalue weighted by Crippen LogP contribution is 2.20. The van der Waals surface area contributed by atoms with E-state index in [0.717, 1.165) is 25.5 Å². The molecule has 1 aromatic carbocycles. The third-order valence-electron chi connectivity index (χ3n) is 3.12. The lowest BCUT2D eigenvalue weighted by molar-refractivity contribution is 0.101. The van der Waals surface area contributed by atoms with Crippen molar-refractivity contribution in [3.8, 4) is 0 Å². The number of rotatable bonds is 9. The van der Waals surface area contributed by atoms with Gasteiger partial charge in [0.1, 0.15) is 0 Å². The topological polar surface area (TPSA) is 21.3 Å². The van der Waals surface area contributed by atoms with E-state index in [9.17, 15) is 8.78 Å². The molecule has 0 fully saturated rings. The first-order valence-corrected chi connectivity index (χ1v) is 7.31. The summed E-state index contributed by atoms with van der Waals surface area (Å²) in [6.07, 6.45) is 1.89. The minimum atomic E-state index is -0.812. The van der Waals surface area contributed by atoms with Crippen LogP contribution in [-0.2, 0) is 4.74 Å². The molecule has 1 N–H and O–H groups in total. The van der Waals surface area contributed by atoms with E-state index >= 15 is 0 Å². The zero-order valence-electron chi connectivity index (χ0n) is 12.6. The van der Waals surface area contributed by atoms with Crippen molar-refractivity contribution in [2.45, 2.75) is 39.7 Å². The van der Waals surface area contributed by atoms with E-state index in [1.54, 1.807) is 6.07 Å². The molecule has 0 aliphatic heterocycles. The standard InChI is InChI=1S/C16H25F2NO/c1-4-9-19-15(11-20-10-8-12(2)3)13-6-5-7-14(17)16(13)18/h5-7,12,15,19H,4,8-11H2,1-3H3. The van der Waals surface area contributed by atoms with Crippen molar-refractivity contribution < 1.29 is 13.5 Å². The Labute approximate surface area is 120 Å². The minimum absolute atomic E-state index is 0.308. The number of ether oxygens (including phenoxy) is 1. The average molecular weight is 285 g/mol. The first kappa shape index (κ1) is 17.1. The third kappa shape index (κ3) is 5.55. The summed E-state index contributed by atoms with van der Waals surface area (Å²) in [5.41, 5.74) is 0.336. The summed E-state index contributed by atoms with van der Waals surface area (Å²) in [6.45, 7) is 8.02. The summed E-state index contributed by atoms with van der Waals surface area (Å²) in [7, 11) is 0. The molecule has 0 heterocycles. The maximum absolute atomic E-state index is 13.8. The molecule has 0 saturated carbocycles. The second-order valence-electron chi connectivity index (χ2n) is 5.41. The molecule has 0 amide bonds. The van der Waals surface area contributed by atoms with Gasteiger partial charge in [0.25, 0.3) is 0 Å². The fourth-order valence-electron chi connectivity index (χ4n) is 1.89. The molecule has 1 unspecified atom stereocenters. The van der Waals surface area contributed by atoms with Crippen molar-refractivity contribution in [3.63, 3.8) is 0 Å². The molecule has 4 heteroatoms. The fraction of sp³-hybridized carbons (Fsp3) is 0.625. The Morgan fingerprint density at radius 3 is 2.65 bits per heavy atom. The smallest absolute Gasteiger partial charge is 0.163 e. The van der Waals surface area contributed by atoms with Gasteiger partial charge in [0.2, 0.25) is 0 Å². The van der Waals surface area contributed by atoms with Crippen molar-refractivity contribution in [1.29, 1.82) is 0 Å². The van der Waals surface area contributed by atoms with E-state index in [2.05, 4.69) is 19.2 Å². The normalized spacial score (nSPS) is 12.9. The second-order valence-corrected chi connectivity index (χ2v) is 5.41. The lowest BCUT2D eigenvalue weighted by Crippen LogP contribution is -2.27. The van der Waals surface area contributed by atoms with E-state index in [-0.39, 0.29) is 6.04 Å². The predicted octanol–water partition coefficient (Wildman–Crippen LogP) is 4.07. The van der Waals surface area contributed by atoms with Crippen molar-refractivity contribution >= 4 is 0 Å². The van der Waals surface area contributed by atoms with Crippen LogP contribution in [0.25, 0.3) is 0 Å². The fourth-order valence-corrected chi connectivity index (χ4v) is 1.89. The van der Waals surface area contributed by atoms with Gasteiger partial charge in [-0.15, -0.1) is 0 Å². The van der Waals surface area contributed by atoms with Gasteiger partial charge in [0.05, 0.1) is 12.6 Å². The van der Waals surface area contributed by atoms with Crippen LogP contribution >= 0.6 is 0 Å². The van der Waals surface area contributed by atoms with Gasteiger partial charge < -0.3 is 10.1 Å². The summed E-state index contributed by atoms with van der Waals surface area (Å²) in [4.78, 5) is 0. The zero-order valence-corrected chi connectivity index (χ0v) is 12.6. The zero-order chi connectivity index (χ0) is 15.0. The third-order valence-corrected chi connectivity index (χ3v) is 3.12. The number of hydrogen-bond donors (Lipinski definition) is 1. The van der Waals surface area contributed by atoms with Gasteiger partial charge in [0, 0.05) is 12.2 Å². The van der Waals surface area contributed by atoms with Gasteiger partial charge in [-0.05, 0) is 31.4 Å². The quantitative estimate of drug-likeness (QED) is 0.691. The predicted molar refractivity (Wildman–Crippen MR) is 77.7 cm³/mol. The maximum Gasteiger partial charge on any atom is 0.163 e. The van der Waals surface area contributed by atoms with Gasteiger partial charge in [-0.25, -0.2) is 8.78 Å². The molecule has 0 radical (unpaired) electrons. The van der Waals surface area contributed by atoms with E-state index in [4.69, 9.17) is 4.74 Å². The molecular weight excluding hydrogens is 260 g/mol. The van der Waals surface area contributed by atoms with Crippen LogP contribution in [0, 0.1) is 17.6 Å². The highest BCUT2D eigenvalue weighted by Gasteiger charge is 2.17. The number of benzene rings is 1. The summed E-state index contributed by atoms with van der Waals surface area (Å²) in [6, 6.07) is 3.97. The van der Waals surface area contributed by atoms with Crippen LogP contribution in [0.15, 0.2) is 18.2 Å². The molecular formula is C16H25F2NO. The molecule has 2 nitrogen and oxygen atoms in total. The molecule has 0 bridgehead atoms. The molecule has 0 aliphatic rings. The highest BCUT2D eigenvalue weighted by atomic mass is 19.2. The van der Waals surface area contributed by atoms with Crippen LogP contribution in [0.5, 0.6) is 0 Å². The van der Waals surface area contributed by atoms with Crippen LogP contribution in [0.3, 0.4) is 0 Å². The first-order chi connectivity index (χ1) is 9.56. The number of nitrogens with one attached hydrogen (secondary N) is 1. The van der Waals surface area contributed by atoms with Gasteiger partial charge >= 0.3 is 0 Å². The molecule has 1 aromatic rings. The molecule has 0 saturated heterocycles. The Hall–Kier alpha value is -1.00. The van der Waals surface area contributed by atoms with Crippen LogP contribution in [0.4, 0.5) is 8.78 Å². The lowest BCUT2D eigenvalue weighted by atomic mass is 10.1. The van der Waals surface area contributed by atoms with Gasteiger partial charge in [-0.1, -0.05) is 32.9 Å². The monoisotopic (exact) mass is 285 g/mol. The Kier molecular flexibility index (Phi) is 7.70. The maximum atomic E-state index is 13.8. The van der Waals surface area contributed by atoms with Gasteiger partial charge in [-0.2, -0.15) is 0 Å². The van der Waals surface area contributed by atoms with E-state index in [0.29, 0.717) is 24.7 Å². The van der Waals surface area contributed by atoms with Crippen molar-refractivity contribution in [3.05, 3.63) is 35.4 Å². The Bertz CT molecular complexity index is 396. The lowest BCUT2D eigenvalue weighted by Gasteiger charge is -2.20. The van der Waals surface area contributed by atoms with Crippen molar-refractivity contribution in [2.75, 3.05) is 19.8 Å². The van der Waals surface area contributed by atoms with Gasteiger partial charge in [0.15, 0.2) is 11.6 Å². The van der Waals surface area contributed by atoms with Crippen LogP contribution < -0.4 is 5.32 Å². The first-order valence-electron chi connectivity index (χ1n) is 7.31. The molecule has 0 aromatic heterocycles. The Morgan fingerprint density at radius 1 is 1.25 bits per heavy atom. The molecule has 20 heavy (non-hydrogen) atoms. The van der Waals surface area contributed by atoms with E-state index < -0.39 is 11.6 Å². The van der Waals surface area contributed by atoms with Crippen LogP contribution in [0.2, 0.25) is 0 Å². The van der Waals surface area contributed by atoms with Crippen molar-refractivity contribution in [1.82, 2.24) is 5.32 Å². The SMILES string of the molecule is CCCNC(COCCC(C)C)c1cccc(F)c1F. The molecule has 1 rings (SSSR count). The number of halogens is 2. The van der Waals surface area contributed by atoms with E-state index in [1.165, 1.54) is 6.07 Å². The van der Waals surface area contributed by atoms with Crippen molar-refractivity contribution in [2.24, 2.45) is 5.92 Å². The van der Waals surface area contributed by atoms with Crippen LogP contribution in [-0.4, -0.2) is 19.8 Å². The minimum Gasteiger partial charge on any atom is -0.379 e. The molecule has 114 valence electrons. The molecule has 1 atom stereocenters. The Balaban J connectivity index is 2.65. The Morgan fingerprint density at radius 2 is 2.00 bits per heavy atom. The highest BCUT2D eigenvalue weighted by molar-refractivity contribution is 5.22. The molecule has 0 spiro atoms. The summed E-state index contributed by atoms with van der Waals surface area (Å²) < 4.78 is 32.8. The molecule has 0 aliphatic carbocycles.